The zero-order valence-electron chi connectivity index (χ0n) is 14.6. The lowest BCUT2D eigenvalue weighted by Crippen LogP contribution is -2.44. The van der Waals surface area contributed by atoms with Gasteiger partial charge < -0.3 is 9.47 Å². The molecule has 2 atom stereocenters. The van der Waals surface area contributed by atoms with Gasteiger partial charge in [0.25, 0.3) is 0 Å². The van der Waals surface area contributed by atoms with Crippen LogP contribution in [0.15, 0.2) is 18.2 Å². The van der Waals surface area contributed by atoms with Crippen LogP contribution in [0.2, 0.25) is 0 Å². The molecule has 0 unspecified atom stereocenters. The van der Waals surface area contributed by atoms with Crippen LogP contribution in [0.1, 0.15) is 56.3 Å². The van der Waals surface area contributed by atoms with E-state index in [0.717, 1.165) is 25.7 Å². The van der Waals surface area contributed by atoms with Gasteiger partial charge in [-0.25, -0.2) is 0 Å². The molecule has 128 valence electrons. The standard InChI is InChI=1S/C19H29NO3/c1-15-8-6-9-16(2)20(15)12-4-5-13-23-19-17(14-21)10-7-11-18(19)22-3/h7,10-11,14-16H,4-6,8-9,12-13H2,1-3H3/t15-,16-/m1/s1. The summed E-state index contributed by atoms with van der Waals surface area (Å²) in [6, 6.07) is 6.75. The molecule has 0 N–H and O–H groups in total. The number of aldehydes is 1. The second kappa shape index (κ2) is 8.92. The molecule has 0 spiro atoms. The Labute approximate surface area is 139 Å². The number of ether oxygens (including phenoxy) is 2. The average Bonchev–Trinajstić information content (AvgIpc) is 2.56. The second-order valence-electron chi connectivity index (χ2n) is 6.42. The first kappa shape index (κ1) is 17.8. The van der Waals surface area contributed by atoms with Gasteiger partial charge in [-0.3, -0.25) is 9.69 Å². The summed E-state index contributed by atoms with van der Waals surface area (Å²) in [5.74, 6) is 1.18. The molecule has 0 aliphatic carbocycles. The molecule has 23 heavy (non-hydrogen) atoms. The van der Waals surface area contributed by atoms with Crippen molar-refractivity contribution in [3.05, 3.63) is 23.8 Å². The summed E-state index contributed by atoms with van der Waals surface area (Å²) in [5.41, 5.74) is 0.544. The van der Waals surface area contributed by atoms with Gasteiger partial charge >= 0.3 is 0 Å². The highest BCUT2D eigenvalue weighted by Crippen LogP contribution is 2.30. The third kappa shape index (κ3) is 4.71. The van der Waals surface area contributed by atoms with E-state index in [2.05, 4.69) is 18.7 Å². The molecule has 1 aliphatic heterocycles. The molecule has 2 rings (SSSR count). The monoisotopic (exact) mass is 319 g/mol. The van der Waals surface area contributed by atoms with Gasteiger partial charge in [0.05, 0.1) is 19.3 Å². The van der Waals surface area contributed by atoms with E-state index in [0.29, 0.717) is 35.8 Å². The van der Waals surface area contributed by atoms with Crippen LogP contribution in [0.3, 0.4) is 0 Å². The number of piperidine rings is 1. The number of para-hydroxylation sites is 1. The van der Waals surface area contributed by atoms with Crippen molar-refractivity contribution in [2.45, 2.75) is 58.0 Å². The third-order valence-corrected chi connectivity index (χ3v) is 4.79. The van der Waals surface area contributed by atoms with Crippen LogP contribution in [0, 0.1) is 0 Å². The zero-order chi connectivity index (χ0) is 16.7. The molecule has 1 aromatic rings. The topological polar surface area (TPSA) is 38.8 Å². The molecule has 0 amide bonds. The largest absolute Gasteiger partial charge is 0.493 e. The molecular formula is C19H29NO3. The first-order valence-corrected chi connectivity index (χ1v) is 8.68. The molecule has 1 aromatic carbocycles. The molecule has 1 heterocycles. The van der Waals surface area contributed by atoms with Crippen molar-refractivity contribution in [1.82, 2.24) is 4.90 Å². The second-order valence-corrected chi connectivity index (χ2v) is 6.42. The summed E-state index contributed by atoms with van der Waals surface area (Å²) >= 11 is 0. The maximum atomic E-state index is 11.1. The van der Waals surface area contributed by atoms with E-state index in [1.807, 2.05) is 6.07 Å². The van der Waals surface area contributed by atoms with Gasteiger partial charge in [-0.15, -0.1) is 0 Å². The molecule has 0 radical (unpaired) electrons. The average molecular weight is 319 g/mol. The minimum atomic E-state index is 0.544. The number of carbonyl (C=O) groups is 1. The highest BCUT2D eigenvalue weighted by Gasteiger charge is 2.23. The van der Waals surface area contributed by atoms with E-state index < -0.39 is 0 Å². The van der Waals surface area contributed by atoms with E-state index in [1.165, 1.54) is 19.3 Å². The number of rotatable bonds is 8. The Hall–Kier alpha value is -1.55. The lowest BCUT2D eigenvalue weighted by atomic mass is 9.97. The lowest BCUT2D eigenvalue weighted by molar-refractivity contribution is 0.0994. The Kier molecular flexibility index (Phi) is 6.90. The van der Waals surface area contributed by atoms with Crippen LogP contribution in [0.25, 0.3) is 0 Å². The lowest BCUT2D eigenvalue weighted by Gasteiger charge is -2.39. The Balaban J connectivity index is 1.78. The van der Waals surface area contributed by atoms with Crippen LogP contribution in [-0.2, 0) is 0 Å². The Morgan fingerprint density at radius 3 is 2.61 bits per heavy atom. The maximum absolute atomic E-state index is 11.1. The smallest absolute Gasteiger partial charge is 0.171 e. The normalized spacial score (nSPS) is 21.9. The third-order valence-electron chi connectivity index (χ3n) is 4.79. The van der Waals surface area contributed by atoms with Crippen molar-refractivity contribution < 1.29 is 14.3 Å². The summed E-state index contributed by atoms with van der Waals surface area (Å²) < 4.78 is 11.1. The molecular weight excluding hydrogens is 290 g/mol. The van der Waals surface area contributed by atoms with E-state index in [1.54, 1.807) is 19.2 Å². The Morgan fingerprint density at radius 1 is 1.22 bits per heavy atom. The van der Waals surface area contributed by atoms with Crippen LogP contribution < -0.4 is 9.47 Å². The van der Waals surface area contributed by atoms with Crippen molar-refractivity contribution in [3.63, 3.8) is 0 Å². The highest BCUT2D eigenvalue weighted by atomic mass is 16.5. The quantitative estimate of drug-likeness (QED) is 0.537. The molecule has 1 saturated heterocycles. The van der Waals surface area contributed by atoms with Crippen LogP contribution in [0.5, 0.6) is 11.5 Å². The molecule has 4 nitrogen and oxygen atoms in total. The van der Waals surface area contributed by atoms with E-state index in [9.17, 15) is 4.79 Å². The summed E-state index contributed by atoms with van der Waals surface area (Å²) in [7, 11) is 1.59. The first-order chi connectivity index (χ1) is 11.2. The number of likely N-dealkylation sites (tertiary alicyclic amines) is 1. The summed E-state index contributed by atoms with van der Waals surface area (Å²) in [6.45, 7) is 6.39. The molecule has 1 aliphatic rings. The van der Waals surface area contributed by atoms with E-state index >= 15 is 0 Å². The van der Waals surface area contributed by atoms with Crippen molar-refractivity contribution >= 4 is 6.29 Å². The predicted molar refractivity (Wildman–Crippen MR) is 92.6 cm³/mol. The molecule has 1 fully saturated rings. The van der Waals surface area contributed by atoms with Crippen molar-refractivity contribution in [3.8, 4) is 11.5 Å². The number of unbranched alkanes of at least 4 members (excludes halogenated alkanes) is 1. The fraction of sp³-hybridized carbons (Fsp3) is 0.632. The number of hydrogen-bond acceptors (Lipinski definition) is 4. The number of benzene rings is 1. The van der Waals surface area contributed by atoms with E-state index in [-0.39, 0.29) is 0 Å². The number of nitrogens with zero attached hydrogens (tertiary/aromatic N) is 1. The summed E-state index contributed by atoms with van der Waals surface area (Å²) in [5, 5.41) is 0. The van der Waals surface area contributed by atoms with Crippen molar-refractivity contribution in [1.29, 1.82) is 0 Å². The summed E-state index contributed by atoms with van der Waals surface area (Å²) in [6.07, 6.45) is 6.88. The number of methoxy groups -OCH3 is 1. The molecule has 0 saturated carbocycles. The molecule has 4 heteroatoms. The minimum Gasteiger partial charge on any atom is -0.493 e. The Morgan fingerprint density at radius 2 is 1.96 bits per heavy atom. The fourth-order valence-electron chi connectivity index (χ4n) is 3.43. The van der Waals surface area contributed by atoms with Gasteiger partial charge in [-0.2, -0.15) is 0 Å². The fourth-order valence-corrected chi connectivity index (χ4v) is 3.43. The van der Waals surface area contributed by atoms with Crippen LogP contribution >= 0.6 is 0 Å². The first-order valence-electron chi connectivity index (χ1n) is 8.68. The van der Waals surface area contributed by atoms with E-state index in [4.69, 9.17) is 9.47 Å². The summed E-state index contributed by atoms with van der Waals surface area (Å²) in [4.78, 5) is 13.7. The molecule has 0 aromatic heterocycles. The van der Waals surface area contributed by atoms with Crippen LogP contribution in [0.4, 0.5) is 0 Å². The molecule has 0 bridgehead atoms. The predicted octanol–water partition coefficient (Wildman–Crippen LogP) is 3.93. The van der Waals surface area contributed by atoms with Gasteiger partial charge in [0, 0.05) is 12.1 Å². The van der Waals surface area contributed by atoms with Gasteiger partial charge in [-0.05, 0) is 58.2 Å². The van der Waals surface area contributed by atoms with Crippen molar-refractivity contribution in [2.24, 2.45) is 0 Å². The van der Waals surface area contributed by atoms with Crippen molar-refractivity contribution in [2.75, 3.05) is 20.3 Å². The SMILES string of the molecule is COc1cccc(C=O)c1OCCCCN1[C@H](C)CCC[C@H]1C. The maximum Gasteiger partial charge on any atom is 0.171 e. The van der Waals surface area contributed by atoms with Gasteiger partial charge in [0.2, 0.25) is 0 Å². The van der Waals surface area contributed by atoms with Crippen LogP contribution in [-0.4, -0.2) is 43.5 Å². The van der Waals surface area contributed by atoms with Gasteiger partial charge in [0.15, 0.2) is 17.8 Å². The highest BCUT2D eigenvalue weighted by molar-refractivity contribution is 5.81. The number of carbonyl (C=O) groups excluding carboxylic acids is 1. The zero-order valence-corrected chi connectivity index (χ0v) is 14.6. The number of hydrogen-bond donors (Lipinski definition) is 0. The van der Waals surface area contributed by atoms with Gasteiger partial charge in [0.1, 0.15) is 0 Å². The Bertz CT molecular complexity index is 493. The minimum absolute atomic E-state index is 0.544. The van der Waals surface area contributed by atoms with Gasteiger partial charge in [-0.1, -0.05) is 12.5 Å².